The number of aliphatic hydroxyl groups is 1. The summed E-state index contributed by atoms with van der Waals surface area (Å²) in [5.41, 5.74) is -0.160. The zero-order chi connectivity index (χ0) is 16.9. The summed E-state index contributed by atoms with van der Waals surface area (Å²) in [7, 11) is 1.25. The standard InChI is InChI=1S/C19H22O4/c1-4-8-14-9-5-6-12-17(14)23-16-11-7-10-15(13-16)19(2,21)18(20)22-3/h5-7,9-13,21H,4,8H2,1-3H3/t19-/m1/s1. The molecule has 4 heteroatoms. The molecular weight excluding hydrogens is 292 g/mol. The summed E-state index contributed by atoms with van der Waals surface area (Å²) in [6, 6.07) is 14.7. The Labute approximate surface area is 136 Å². The van der Waals surface area contributed by atoms with Crippen LogP contribution in [-0.4, -0.2) is 18.2 Å². The molecule has 2 aromatic rings. The van der Waals surface area contributed by atoms with Crippen LogP contribution in [-0.2, 0) is 21.6 Å². The third kappa shape index (κ3) is 3.90. The molecule has 0 radical (unpaired) electrons. The van der Waals surface area contributed by atoms with Crippen molar-refractivity contribution in [3.05, 3.63) is 59.7 Å². The minimum atomic E-state index is -1.71. The summed E-state index contributed by atoms with van der Waals surface area (Å²) < 4.78 is 10.6. The molecule has 0 amide bonds. The van der Waals surface area contributed by atoms with Crippen LogP contribution in [0.15, 0.2) is 48.5 Å². The van der Waals surface area contributed by atoms with Crippen molar-refractivity contribution in [3.63, 3.8) is 0 Å². The molecule has 0 aliphatic rings. The largest absolute Gasteiger partial charge is 0.467 e. The topological polar surface area (TPSA) is 55.8 Å². The summed E-state index contributed by atoms with van der Waals surface area (Å²) in [4.78, 5) is 11.7. The van der Waals surface area contributed by atoms with E-state index in [-0.39, 0.29) is 0 Å². The second-order valence-electron chi connectivity index (χ2n) is 5.55. The molecule has 0 bridgehead atoms. The molecule has 1 N–H and O–H groups in total. The summed E-state index contributed by atoms with van der Waals surface area (Å²) in [6.07, 6.45) is 1.95. The molecule has 4 nitrogen and oxygen atoms in total. The number of hydrogen-bond donors (Lipinski definition) is 1. The Morgan fingerprint density at radius 2 is 1.91 bits per heavy atom. The van der Waals surface area contributed by atoms with Crippen LogP contribution >= 0.6 is 0 Å². The molecule has 0 saturated carbocycles. The van der Waals surface area contributed by atoms with Gasteiger partial charge in [0.2, 0.25) is 0 Å². The number of carbonyl (C=O) groups excluding carboxylic acids is 1. The predicted octanol–water partition coefficient (Wildman–Crippen LogP) is 3.81. The fourth-order valence-corrected chi connectivity index (χ4v) is 2.39. The Bertz CT molecular complexity index is 677. The van der Waals surface area contributed by atoms with E-state index in [0.29, 0.717) is 11.3 Å². The lowest BCUT2D eigenvalue weighted by molar-refractivity contribution is -0.161. The lowest BCUT2D eigenvalue weighted by Crippen LogP contribution is -2.33. The molecule has 0 heterocycles. The van der Waals surface area contributed by atoms with Gasteiger partial charge in [-0.3, -0.25) is 0 Å². The van der Waals surface area contributed by atoms with Gasteiger partial charge in [-0.1, -0.05) is 43.7 Å². The average molecular weight is 314 g/mol. The lowest BCUT2D eigenvalue weighted by atomic mass is 9.96. The van der Waals surface area contributed by atoms with E-state index in [9.17, 15) is 9.90 Å². The second kappa shape index (κ2) is 7.29. The van der Waals surface area contributed by atoms with Crippen LogP contribution in [0.5, 0.6) is 11.5 Å². The van der Waals surface area contributed by atoms with Crippen molar-refractivity contribution >= 4 is 5.97 Å². The van der Waals surface area contributed by atoms with Crippen LogP contribution in [0.2, 0.25) is 0 Å². The zero-order valence-electron chi connectivity index (χ0n) is 13.7. The Kier molecular flexibility index (Phi) is 5.40. The van der Waals surface area contributed by atoms with E-state index >= 15 is 0 Å². The fourth-order valence-electron chi connectivity index (χ4n) is 2.39. The minimum Gasteiger partial charge on any atom is -0.467 e. The number of esters is 1. The molecule has 0 unspecified atom stereocenters. The fraction of sp³-hybridized carbons (Fsp3) is 0.316. The van der Waals surface area contributed by atoms with Crippen molar-refractivity contribution in [2.75, 3.05) is 7.11 Å². The number of para-hydroxylation sites is 1. The van der Waals surface area contributed by atoms with E-state index in [1.165, 1.54) is 14.0 Å². The predicted molar refractivity (Wildman–Crippen MR) is 88.5 cm³/mol. The van der Waals surface area contributed by atoms with Crippen molar-refractivity contribution in [2.24, 2.45) is 0 Å². The highest BCUT2D eigenvalue weighted by Crippen LogP contribution is 2.30. The van der Waals surface area contributed by atoms with Gasteiger partial charge < -0.3 is 14.6 Å². The van der Waals surface area contributed by atoms with Gasteiger partial charge in [0.1, 0.15) is 11.5 Å². The molecule has 0 aliphatic heterocycles. The first-order chi connectivity index (χ1) is 11.0. The molecule has 23 heavy (non-hydrogen) atoms. The van der Waals surface area contributed by atoms with Gasteiger partial charge in [0.15, 0.2) is 5.60 Å². The van der Waals surface area contributed by atoms with E-state index in [1.54, 1.807) is 24.3 Å². The van der Waals surface area contributed by atoms with Crippen LogP contribution in [0.4, 0.5) is 0 Å². The zero-order valence-corrected chi connectivity index (χ0v) is 13.7. The highest BCUT2D eigenvalue weighted by molar-refractivity contribution is 5.80. The highest BCUT2D eigenvalue weighted by Gasteiger charge is 2.33. The molecular formula is C19H22O4. The molecule has 0 fully saturated rings. The van der Waals surface area contributed by atoms with E-state index in [0.717, 1.165) is 24.2 Å². The monoisotopic (exact) mass is 314 g/mol. The van der Waals surface area contributed by atoms with Gasteiger partial charge in [-0.05, 0) is 42.7 Å². The number of hydrogen-bond acceptors (Lipinski definition) is 4. The normalized spacial score (nSPS) is 13.2. The molecule has 1 atom stereocenters. The Morgan fingerprint density at radius 1 is 1.17 bits per heavy atom. The summed E-state index contributed by atoms with van der Waals surface area (Å²) in [5, 5.41) is 10.4. The highest BCUT2D eigenvalue weighted by atomic mass is 16.5. The first-order valence-electron chi connectivity index (χ1n) is 7.66. The number of ether oxygens (including phenoxy) is 2. The summed E-state index contributed by atoms with van der Waals surface area (Å²) in [6.45, 7) is 3.52. The summed E-state index contributed by atoms with van der Waals surface area (Å²) >= 11 is 0. The molecule has 2 aromatic carbocycles. The van der Waals surface area contributed by atoms with Gasteiger partial charge in [0.25, 0.3) is 0 Å². The van der Waals surface area contributed by atoms with Gasteiger partial charge in [0, 0.05) is 0 Å². The van der Waals surface area contributed by atoms with Crippen molar-refractivity contribution in [2.45, 2.75) is 32.3 Å². The van der Waals surface area contributed by atoms with Crippen LogP contribution in [0.25, 0.3) is 0 Å². The van der Waals surface area contributed by atoms with Gasteiger partial charge in [-0.2, -0.15) is 0 Å². The molecule has 0 aromatic heterocycles. The van der Waals surface area contributed by atoms with Gasteiger partial charge in [-0.15, -0.1) is 0 Å². The molecule has 0 aliphatic carbocycles. The van der Waals surface area contributed by atoms with Crippen molar-refractivity contribution in [1.82, 2.24) is 0 Å². The first-order valence-corrected chi connectivity index (χ1v) is 7.66. The van der Waals surface area contributed by atoms with Crippen molar-refractivity contribution < 1.29 is 19.4 Å². The third-order valence-electron chi connectivity index (χ3n) is 3.70. The van der Waals surface area contributed by atoms with E-state index < -0.39 is 11.6 Å². The van der Waals surface area contributed by atoms with Crippen LogP contribution in [0.3, 0.4) is 0 Å². The van der Waals surface area contributed by atoms with E-state index in [4.69, 9.17) is 4.74 Å². The van der Waals surface area contributed by atoms with Crippen molar-refractivity contribution in [3.8, 4) is 11.5 Å². The Balaban J connectivity index is 2.29. The smallest absolute Gasteiger partial charge is 0.342 e. The van der Waals surface area contributed by atoms with E-state index in [2.05, 4.69) is 11.7 Å². The van der Waals surface area contributed by atoms with E-state index in [1.807, 2.05) is 24.3 Å². The van der Waals surface area contributed by atoms with Crippen molar-refractivity contribution in [1.29, 1.82) is 0 Å². The Hall–Kier alpha value is -2.33. The summed E-state index contributed by atoms with van der Waals surface area (Å²) in [5.74, 6) is 0.639. The molecule has 122 valence electrons. The first kappa shape index (κ1) is 17.0. The third-order valence-corrected chi connectivity index (χ3v) is 3.70. The van der Waals surface area contributed by atoms with Crippen LogP contribution in [0, 0.1) is 0 Å². The number of methoxy groups -OCH3 is 1. The quantitative estimate of drug-likeness (QED) is 0.824. The molecule has 0 spiro atoms. The van der Waals surface area contributed by atoms with Crippen LogP contribution in [0.1, 0.15) is 31.4 Å². The number of aryl methyl sites for hydroxylation is 1. The maximum atomic E-state index is 11.7. The number of carbonyl (C=O) groups is 1. The maximum absolute atomic E-state index is 11.7. The number of rotatable bonds is 6. The molecule has 2 rings (SSSR count). The average Bonchev–Trinajstić information content (AvgIpc) is 2.56. The maximum Gasteiger partial charge on any atom is 0.342 e. The number of benzene rings is 2. The molecule has 0 saturated heterocycles. The SMILES string of the molecule is CCCc1ccccc1Oc1cccc([C@@](C)(O)C(=O)OC)c1. The second-order valence-corrected chi connectivity index (χ2v) is 5.55. The van der Waals surface area contributed by atoms with Crippen LogP contribution < -0.4 is 4.74 Å². The van der Waals surface area contributed by atoms with Gasteiger partial charge >= 0.3 is 5.97 Å². The van der Waals surface area contributed by atoms with Gasteiger partial charge in [-0.25, -0.2) is 4.79 Å². The Morgan fingerprint density at radius 3 is 2.61 bits per heavy atom. The van der Waals surface area contributed by atoms with Gasteiger partial charge in [0.05, 0.1) is 7.11 Å². The minimum absolute atomic E-state index is 0.426. The lowest BCUT2D eigenvalue weighted by Gasteiger charge is -2.21.